The van der Waals surface area contributed by atoms with Gasteiger partial charge in [0.2, 0.25) is 0 Å². The number of carbonyl (C=O) groups is 1. The largest absolute Gasteiger partial charge is 0.477 e. The molecule has 0 spiro atoms. The SMILES string of the molecule is Cc1cc(C2CCCC2)c(C(=O)O)[nH]1. The lowest BCUT2D eigenvalue weighted by atomic mass is 9.97. The van der Waals surface area contributed by atoms with Crippen molar-refractivity contribution in [2.24, 2.45) is 0 Å². The Bertz CT molecular complexity index is 348. The number of aromatic carboxylic acids is 1. The van der Waals surface area contributed by atoms with E-state index in [4.69, 9.17) is 5.11 Å². The van der Waals surface area contributed by atoms with E-state index in [0.717, 1.165) is 24.1 Å². The maximum absolute atomic E-state index is 11.0. The molecule has 3 heteroatoms. The van der Waals surface area contributed by atoms with Gasteiger partial charge in [0, 0.05) is 5.69 Å². The summed E-state index contributed by atoms with van der Waals surface area (Å²) in [6, 6.07) is 1.99. The maximum atomic E-state index is 11.0. The Labute approximate surface area is 83.1 Å². The molecular formula is C11H15NO2. The molecule has 1 fully saturated rings. The van der Waals surface area contributed by atoms with Gasteiger partial charge >= 0.3 is 5.97 Å². The predicted molar refractivity (Wildman–Crippen MR) is 53.7 cm³/mol. The molecule has 0 amide bonds. The molecule has 1 saturated carbocycles. The standard InChI is InChI=1S/C11H15NO2/c1-7-6-9(8-4-2-3-5-8)10(12-7)11(13)14/h6,8,12H,2-5H2,1H3,(H,13,14). The topological polar surface area (TPSA) is 53.1 Å². The van der Waals surface area contributed by atoms with Crippen LogP contribution in [-0.2, 0) is 0 Å². The zero-order chi connectivity index (χ0) is 10.1. The van der Waals surface area contributed by atoms with Crippen LogP contribution in [0.5, 0.6) is 0 Å². The first kappa shape index (κ1) is 9.31. The van der Waals surface area contributed by atoms with Gasteiger partial charge in [-0.1, -0.05) is 12.8 Å². The van der Waals surface area contributed by atoms with Crippen molar-refractivity contribution in [3.8, 4) is 0 Å². The maximum Gasteiger partial charge on any atom is 0.352 e. The molecule has 0 saturated heterocycles. The molecule has 1 aliphatic rings. The third-order valence-corrected chi connectivity index (χ3v) is 2.99. The molecule has 76 valence electrons. The minimum absolute atomic E-state index is 0.398. The molecule has 3 nitrogen and oxygen atoms in total. The number of H-pyrrole nitrogens is 1. The third-order valence-electron chi connectivity index (χ3n) is 2.99. The molecule has 1 aromatic heterocycles. The number of aromatic nitrogens is 1. The second kappa shape index (κ2) is 3.48. The second-order valence-corrected chi connectivity index (χ2v) is 4.07. The lowest BCUT2D eigenvalue weighted by Crippen LogP contribution is -2.03. The van der Waals surface area contributed by atoms with Crippen molar-refractivity contribution in [1.82, 2.24) is 4.98 Å². The van der Waals surface area contributed by atoms with Crippen molar-refractivity contribution < 1.29 is 9.90 Å². The smallest absolute Gasteiger partial charge is 0.352 e. The summed E-state index contributed by atoms with van der Waals surface area (Å²) in [6.07, 6.45) is 4.73. The molecule has 1 aliphatic carbocycles. The van der Waals surface area contributed by atoms with E-state index in [9.17, 15) is 4.79 Å². The zero-order valence-corrected chi connectivity index (χ0v) is 8.34. The number of hydrogen-bond donors (Lipinski definition) is 2. The second-order valence-electron chi connectivity index (χ2n) is 4.07. The molecule has 0 unspecified atom stereocenters. The van der Waals surface area contributed by atoms with Crippen molar-refractivity contribution >= 4 is 5.97 Å². The lowest BCUT2D eigenvalue weighted by Gasteiger charge is -2.07. The van der Waals surface area contributed by atoms with Crippen molar-refractivity contribution in [1.29, 1.82) is 0 Å². The van der Waals surface area contributed by atoms with Crippen LogP contribution in [0.4, 0.5) is 0 Å². The zero-order valence-electron chi connectivity index (χ0n) is 8.34. The van der Waals surface area contributed by atoms with E-state index in [1.807, 2.05) is 13.0 Å². The average molecular weight is 193 g/mol. The Kier molecular flexibility index (Phi) is 2.32. The van der Waals surface area contributed by atoms with Gasteiger partial charge in [0.15, 0.2) is 0 Å². The molecule has 1 aromatic rings. The van der Waals surface area contributed by atoms with Gasteiger partial charge in [-0.3, -0.25) is 0 Å². The molecule has 0 aromatic carbocycles. The van der Waals surface area contributed by atoms with Gasteiger partial charge in [0.1, 0.15) is 5.69 Å². The summed E-state index contributed by atoms with van der Waals surface area (Å²) < 4.78 is 0. The Hall–Kier alpha value is -1.25. The highest BCUT2D eigenvalue weighted by Gasteiger charge is 2.23. The molecule has 0 aliphatic heterocycles. The van der Waals surface area contributed by atoms with Crippen LogP contribution in [0.2, 0.25) is 0 Å². The lowest BCUT2D eigenvalue weighted by molar-refractivity contribution is 0.0689. The van der Waals surface area contributed by atoms with Gasteiger partial charge in [-0.2, -0.15) is 0 Å². The minimum atomic E-state index is -0.833. The molecule has 1 heterocycles. The highest BCUT2D eigenvalue weighted by molar-refractivity contribution is 5.87. The van der Waals surface area contributed by atoms with Crippen LogP contribution in [0.3, 0.4) is 0 Å². The first-order valence-corrected chi connectivity index (χ1v) is 5.11. The van der Waals surface area contributed by atoms with Crippen molar-refractivity contribution in [3.63, 3.8) is 0 Å². The van der Waals surface area contributed by atoms with E-state index in [1.165, 1.54) is 12.8 Å². The fourth-order valence-electron chi connectivity index (χ4n) is 2.35. The summed E-state index contributed by atoms with van der Waals surface area (Å²) in [5, 5.41) is 9.01. The van der Waals surface area contributed by atoms with Crippen LogP contribution in [0.15, 0.2) is 6.07 Å². The first-order valence-electron chi connectivity index (χ1n) is 5.11. The van der Waals surface area contributed by atoms with E-state index >= 15 is 0 Å². The van der Waals surface area contributed by atoms with E-state index in [0.29, 0.717) is 11.6 Å². The molecule has 0 bridgehead atoms. The highest BCUT2D eigenvalue weighted by atomic mass is 16.4. The quantitative estimate of drug-likeness (QED) is 0.758. The van der Waals surface area contributed by atoms with Crippen molar-refractivity contribution in [2.75, 3.05) is 0 Å². The fourth-order valence-corrected chi connectivity index (χ4v) is 2.35. The number of nitrogens with one attached hydrogen (secondary N) is 1. The monoisotopic (exact) mass is 193 g/mol. The number of carboxylic acids is 1. The Morgan fingerprint density at radius 3 is 2.71 bits per heavy atom. The number of aromatic amines is 1. The van der Waals surface area contributed by atoms with Gasteiger partial charge in [0.05, 0.1) is 0 Å². The average Bonchev–Trinajstić information content (AvgIpc) is 2.70. The number of carboxylic acid groups (broad SMARTS) is 1. The number of rotatable bonds is 2. The molecule has 2 rings (SSSR count). The number of aryl methyl sites for hydroxylation is 1. The normalized spacial score (nSPS) is 17.5. The summed E-state index contributed by atoms with van der Waals surface area (Å²) >= 11 is 0. The molecule has 2 N–H and O–H groups in total. The van der Waals surface area contributed by atoms with Gasteiger partial charge in [-0.25, -0.2) is 4.79 Å². The van der Waals surface area contributed by atoms with Crippen LogP contribution in [-0.4, -0.2) is 16.1 Å². The van der Waals surface area contributed by atoms with Crippen molar-refractivity contribution in [3.05, 3.63) is 23.0 Å². The summed E-state index contributed by atoms with van der Waals surface area (Å²) in [5.41, 5.74) is 2.35. The summed E-state index contributed by atoms with van der Waals surface area (Å²) in [6.45, 7) is 1.91. The van der Waals surface area contributed by atoms with Crippen LogP contribution in [0.25, 0.3) is 0 Å². The Balaban J connectivity index is 2.35. The van der Waals surface area contributed by atoms with E-state index in [1.54, 1.807) is 0 Å². The van der Waals surface area contributed by atoms with E-state index in [-0.39, 0.29) is 0 Å². The van der Waals surface area contributed by atoms with Crippen LogP contribution >= 0.6 is 0 Å². The van der Waals surface area contributed by atoms with Crippen molar-refractivity contribution in [2.45, 2.75) is 38.5 Å². The Morgan fingerprint density at radius 1 is 1.50 bits per heavy atom. The Morgan fingerprint density at radius 2 is 2.14 bits per heavy atom. The minimum Gasteiger partial charge on any atom is -0.477 e. The molecule has 14 heavy (non-hydrogen) atoms. The summed E-state index contributed by atoms with van der Waals surface area (Å²) in [4.78, 5) is 13.9. The summed E-state index contributed by atoms with van der Waals surface area (Å²) in [5.74, 6) is -0.369. The molecule has 0 radical (unpaired) electrons. The first-order chi connectivity index (χ1) is 6.68. The molecule has 0 atom stereocenters. The van der Waals surface area contributed by atoms with E-state index in [2.05, 4.69) is 4.98 Å². The van der Waals surface area contributed by atoms with Crippen LogP contribution in [0.1, 0.15) is 53.3 Å². The van der Waals surface area contributed by atoms with Crippen LogP contribution in [0, 0.1) is 6.92 Å². The predicted octanol–water partition coefficient (Wildman–Crippen LogP) is 2.68. The third kappa shape index (κ3) is 1.54. The summed E-state index contributed by atoms with van der Waals surface area (Å²) in [7, 11) is 0. The molecular weight excluding hydrogens is 178 g/mol. The van der Waals surface area contributed by atoms with Gasteiger partial charge in [-0.05, 0) is 37.3 Å². The van der Waals surface area contributed by atoms with Gasteiger partial charge in [0.25, 0.3) is 0 Å². The van der Waals surface area contributed by atoms with Gasteiger partial charge in [-0.15, -0.1) is 0 Å². The number of hydrogen-bond acceptors (Lipinski definition) is 1. The van der Waals surface area contributed by atoms with Gasteiger partial charge < -0.3 is 10.1 Å². The van der Waals surface area contributed by atoms with Crippen LogP contribution < -0.4 is 0 Å². The highest BCUT2D eigenvalue weighted by Crippen LogP contribution is 2.36. The van der Waals surface area contributed by atoms with E-state index < -0.39 is 5.97 Å². The fraction of sp³-hybridized carbons (Fsp3) is 0.545.